The molecule has 0 saturated heterocycles. The van der Waals surface area contributed by atoms with Crippen molar-refractivity contribution < 1.29 is 19.7 Å². The van der Waals surface area contributed by atoms with Gasteiger partial charge in [-0.05, 0) is 33.6 Å². The summed E-state index contributed by atoms with van der Waals surface area (Å²) in [6.07, 6.45) is 0.535. The van der Waals surface area contributed by atoms with Crippen molar-refractivity contribution in [2.75, 3.05) is 13.2 Å². The number of hydrogen-bond acceptors (Lipinski definition) is 4. The van der Waals surface area contributed by atoms with Gasteiger partial charge >= 0.3 is 6.09 Å². The Morgan fingerprint density at radius 1 is 1.40 bits per heavy atom. The predicted octanol–water partition coefficient (Wildman–Crippen LogP) is 0.645. The lowest BCUT2D eigenvalue weighted by Crippen LogP contribution is -2.41. The number of ether oxygens (including phenoxy) is 1. The van der Waals surface area contributed by atoms with Gasteiger partial charge in [0.1, 0.15) is 5.60 Å². The number of rotatable bonds is 5. The Bertz CT molecular complexity index is 188. The molecule has 0 saturated carbocycles. The van der Waals surface area contributed by atoms with Crippen molar-refractivity contribution in [3.63, 3.8) is 0 Å². The van der Waals surface area contributed by atoms with Crippen LogP contribution in [0.15, 0.2) is 0 Å². The molecule has 0 aliphatic carbocycles. The number of hydrogen-bond donors (Lipinski definition) is 3. The van der Waals surface area contributed by atoms with E-state index < -0.39 is 11.7 Å². The molecule has 1 amide bonds. The third kappa shape index (κ3) is 8.20. The fourth-order valence-corrected chi connectivity index (χ4v) is 1.02. The summed E-state index contributed by atoms with van der Waals surface area (Å²) >= 11 is 0. The average molecular weight is 219 g/mol. The first-order valence-electron chi connectivity index (χ1n) is 5.10. The SMILES string of the molecule is CC(C)(C)OC(=O)NC(CO)CCCO. The van der Waals surface area contributed by atoms with Gasteiger partial charge in [0.2, 0.25) is 0 Å². The monoisotopic (exact) mass is 219 g/mol. The summed E-state index contributed by atoms with van der Waals surface area (Å²) in [6.45, 7) is 5.21. The van der Waals surface area contributed by atoms with E-state index in [-0.39, 0.29) is 19.3 Å². The third-order valence-electron chi connectivity index (χ3n) is 1.65. The van der Waals surface area contributed by atoms with Gasteiger partial charge in [-0.3, -0.25) is 0 Å². The normalized spacial score (nSPS) is 13.4. The Labute approximate surface area is 90.4 Å². The van der Waals surface area contributed by atoms with Crippen LogP contribution in [0.5, 0.6) is 0 Å². The topological polar surface area (TPSA) is 78.8 Å². The lowest BCUT2D eigenvalue weighted by atomic mass is 10.2. The van der Waals surface area contributed by atoms with Gasteiger partial charge in [-0.1, -0.05) is 0 Å². The van der Waals surface area contributed by atoms with Gasteiger partial charge in [0.05, 0.1) is 12.6 Å². The largest absolute Gasteiger partial charge is 0.444 e. The molecule has 0 rings (SSSR count). The van der Waals surface area contributed by atoms with E-state index in [2.05, 4.69) is 5.32 Å². The van der Waals surface area contributed by atoms with Crippen LogP contribution in [0, 0.1) is 0 Å². The maximum atomic E-state index is 11.3. The maximum Gasteiger partial charge on any atom is 0.407 e. The first-order chi connectivity index (χ1) is 6.89. The van der Waals surface area contributed by atoms with Crippen LogP contribution in [0.25, 0.3) is 0 Å². The Hall–Kier alpha value is -0.810. The highest BCUT2D eigenvalue weighted by molar-refractivity contribution is 5.68. The molecule has 3 N–H and O–H groups in total. The number of nitrogens with one attached hydrogen (secondary N) is 1. The zero-order chi connectivity index (χ0) is 11.9. The van der Waals surface area contributed by atoms with E-state index in [0.717, 1.165) is 0 Å². The van der Waals surface area contributed by atoms with Crippen LogP contribution in [0.1, 0.15) is 33.6 Å². The van der Waals surface area contributed by atoms with E-state index in [4.69, 9.17) is 14.9 Å². The van der Waals surface area contributed by atoms with Crippen LogP contribution in [-0.4, -0.2) is 41.2 Å². The summed E-state index contributed by atoms with van der Waals surface area (Å²) in [5.41, 5.74) is -0.541. The summed E-state index contributed by atoms with van der Waals surface area (Å²) in [6, 6.07) is -0.355. The van der Waals surface area contributed by atoms with E-state index in [9.17, 15) is 4.79 Å². The molecule has 5 nitrogen and oxygen atoms in total. The highest BCUT2D eigenvalue weighted by atomic mass is 16.6. The van der Waals surface area contributed by atoms with E-state index in [1.807, 2.05) is 0 Å². The molecule has 0 aliphatic rings. The van der Waals surface area contributed by atoms with Gasteiger partial charge in [0.15, 0.2) is 0 Å². The van der Waals surface area contributed by atoms with Gasteiger partial charge in [0, 0.05) is 6.61 Å². The fourth-order valence-electron chi connectivity index (χ4n) is 1.02. The molecule has 5 heteroatoms. The van der Waals surface area contributed by atoms with Gasteiger partial charge in [-0.25, -0.2) is 4.79 Å². The Balaban J connectivity index is 3.91. The van der Waals surface area contributed by atoms with Gasteiger partial charge < -0.3 is 20.3 Å². The molecule has 0 spiro atoms. The van der Waals surface area contributed by atoms with E-state index >= 15 is 0 Å². The first-order valence-corrected chi connectivity index (χ1v) is 5.10. The molecule has 1 atom stereocenters. The molecule has 0 aromatic heterocycles. The second-order valence-electron chi connectivity index (χ2n) is 4.39. The summed E-state index contributed by atoms with van der Waals surface area (Å²) in [7, 11) is 0. The molecule has 15 heavy (non-hydrogen) atoms. The van der Waals surface area contributed by atoms with Crippen molar-refractivity contribution in [2.24, 2.45) is 0 Å². The van der Waals surface area contributed by atoms with Crippen LogP contribution < -0.4 is 5.32 Å². The smallest absolute Gasteiger partial charge is 0.407 e. The number of aliphatic hydroxyl groups is 2. The van der Waals surface area contributed by atoms with Crippen molar-refractivity contribution in [1.82, 2.24) is 5.32 Å². The molecule has 0 bridgehead atoms. The fraction of sp³-hybridized carbons (Fsp3) is 0.900. The third-order valence-corrected chi connectivity index (χ3v) is 1.65. The minimum absolute atomic E-state index is 0.0481. The molecule has 0 radical (unpaired) electrons. The van der Waals surface area contributed by atoms with Crippen molar-refractivity contribution >= 4 is 6.09 Å². The average Bonchev–Trinajstić information content (AvgIpc) is 2.09. The molecule has 90 valence electrons. The lowest BCUT2D eigenvalue weighted by molar-refractivity contribution is 0.0476. The summed E-state index contributed by atoms with van der Waals surface area (Å²) in [5, 5.41) is 20.1. The maximum absolute atomic E-state index is 11.3. The van der Waals surface area contributed by atoms with Gasteiger partial charge in [-0.15, -0.1) is 0 Å². The van der Waals surface area contributed by atoms with Gasteiger partial charge in [0.25, 0.3) is 0 Å². The molecular weight excluding hydrogens is 198 g/mol. The number of amides is 1. The molecular formula is C10H21NO4. The predicted molar refractivity (Wildman–Crippen MR) is 56.6 cm³/mol. The molecule has 0 fully saturated rings. The summed E-state index contributed by atoms with van der Waals surface area (Å²) in [4.78, 5) is 11.3. The number of carbonyl (C=O) groups is 1. The zero-order valence-corrected chi connectivity index (χ0v) is 9.62. The Kier molecular flexibility index (Phi) is 6.27. The molecule has 0 aromatic rings. The summed E-state index contributed by atoms with van der Waals surface area (Å²) < 4.78 is 5.03. The van der Waals surface area contributed by atoms with Crippen LogP contribution >= 0.6 is 0 Å². The standard InChI is InChI=1S/C10H21NO4/c1-10(2,3)15-9(14)11-8(7-13)5-4-6-12/h8,12-13H,4-7H2,1-3H3,(H,11,14). The van der Waals surface area contributed by atoms with Crippen molar-refractivity contribution in [3.05, 3.63) is 0 Å². The van der Waals surface area contributed by atoms with Crippen molar-refractivity contribution in [3.8, 4) is 0 Å². The van der Waals surface area contributed by atoms with E-state index in [0.29, 0.717) is 12.8 Å². The minimum Gasteiger partial charge on any atom is -0.444 e. The van der Waals surface area contributed by atoms with Crippen molar-refractivity contribution in [1.29, 1.82) is 0 Å². The highest BCUT2D eigenvalue weighted by Gasteiger charge is 2.18. The second-order valence-corrected chi connectivity index (χ2v) is 4.39. The molecule has 0 aromatic carbocycles. The van der Waals surface area contributed by atoms with Crippen LogP contribution in [0.3, 0.4) is 0 Å². The minimum atomic E-state index is -0.542. The zero-order valence-electron chi connectivity index (χ0n) is 9.62. The second kappa shape index (κ2) is 6.63. The lowest BCUT2D eigenvalue weighted by Gasteiger charge is -2.22. The van der Waals surface area contributed by atoms with Crippen molar-refractivity contribution in [2.45, 2.75) is 45.3 Å². The van der Waals surface area contributed by atoms with Crippen LogP contribution in [0.2, 0.25) is 0 Å². The Morgan fingerprint density at radius 3 is 2.40 bits per heavy atom. The van der Waals surface area contributed by atoms with Crippen LogP contribution in [0.4, 0.5) is 4.79 Å². The number of alkyl carbamates (subject to hydrolysis) is 1. The molecule has 0 heterocycles. The quantitative estimate of drug-likeness (QED) is 0.634. The number of aliphatic hydroxyl groups excluding tert-OH is 2. The van der Waals surface area contributed by atoms with Gasteiger partial charge in [-0.2, -0.15) is 0 Å². The first kappa shape index (κ1) is 14.2. The molecule has 0 aliphatic heterocycles. The Morgan fingerprint density at radius 2 is 2.00 bits per heavy atom. The van der Waals surface area contributed by atoms with E-state index in [1.54, 1.807) is 20.8 Å². The highest BCUT2D eigenvalue weighted by Crippen LogP contribution is 2.07. The number of carbonyl (C=O) groups excluding carboxylic acids is 1. The van der Waals surface area contributed by atoms with Crippen LogP contribution in [-0.2, 0) is 4.74 Å². The van der Waals surface area contributed by atoms with E-state index in [1.165, 1.54) is 0 Å². The molecule has 1 unspecified atom stereocenters. The summed E-state index contributed by atoms with van der Waals surface area (Å²) in [5.74, 6) is 0.